The van der Waals surface area contributed by atoms with Crippen molar-refractivity contribution in [3.8, 4) is 0 Å². The van der Waals surface area contributed by atoms with E-state index in [1.165, 1.54) is 6.42 Å². The van der Waals surface area contributed by atoms with Gasteiger partial charge in [-0.15, -0.1) is 0 Å². The number of fused-ring (bicyclic) bond motifs is 2. The molecule has 1 aromatic rings. The second-order valence-corrected chi connectivity index (χ2v) is 5.90. The van der Waals surface area contributed by atoms with Crippen LogP contribution in [-0.4, -0.2) is 21.9 Å². The molecule has 4 atom stereocenters. The van der Waals surface area contributed by atoms with Crippen molar-refractivity contribution in [3.05, 3.63) is 17.5 Å². The Morgan fingerprint density at radius 1 is 1.26 bits per heavy atom. The highest BCUT2D eigenvalue weighted by Gasteiger charge is 2.49. The molecule has 102 valence electrons. The number of anilines is 1. The van der Waals surface area contributed by atoms with E-state index >= 15 is 0 Å². The molecular weight excluding hydrogens is 240 g/mol. The maximum atomic E-state index is 12.4. The third kappa shape index (κ3) is 2.23. The Labute approximate surface area is 113 Å². The number of nitrogens with zero attached hydrogens (tertiary/aromatic N) is 2. The van der Waals surface area contributed by atoms with Gasteiger partial charge in [0.2, 0.25) is 11.9 Å². The largest absolute Gasteiger partial charge is 0.327 e. The first-order valence-electron chi connectivity index (χ1n) is 6.93. The van der Waals surface area contributed by atoms with Crippen LogP contribution in [0.4, 0.5) is 5.95 Å². The van der Waals surface area contributed by atoms with Gasteiger partial charge >= 0.3 is 0 Å². The number of rotatable bonds is 2. The molecule has 1 heterocycles. The van der Waals surface area contributed by atoms with E-state index in [1.807, 2.05) is 19.9 Å². The Morgan fingerprint density at radius 2 is 1.89 bits per heavy atom. The van der Waals surface area contributed by atoms with Crippen LogP contribution in [0.2, 0.25) is 0 Å². The SMILES string of the molecule is Cc1cc(C)nc(NC(=O)C2C3CCC(C3)C2N)n1. The summed E-state index contributed by atoms with van der Waals surface area (Å²) in [5, 5.41) is 2.84. The second kappa shape index (κ2) is 4.56. The molecule has 0 aromatic carbocycles. The highest BCUT2D eigenvalue weighted by Crippen LogP contribution is 2.47. The van der Waals surface area contributed by atoms with Crippen LogP contribution in [0.1, 0.15) is 30.7 Å². The monoisotopic (exact) mass is 260 g/mol. The van der Waals surface area contributed by atoms with E-state index in [0.29, 0.717) is 17.8 Å². The van der Waals surface area contributed by atoms with Crippen molar-refractivity contribution >= 4 is 11.9 Å². The van der Waals surface area contributed by atoms with Gasteiger partial charge in [-0.25, -0.2) is 9.97 Å². The van der Waals surface area contributed by atoms with Crippen LogP contribution < -0.4 is 11.1 Å². The Balaban J connectivity index is 1.75. The quantitative estimate of drug-likeness (QED) is 0.842. The standard InChI is InChI=1S/C14H20N4O/c1-7-5-8(2)17-14(16-7)18-13(19)11-9-3-4-10(6-9)12(11)15/h5,9-12H,3-4,6,15H2,1-2H3,(H,16,17,18,19). The molecule has 4 unspecified atom stereocenters. The van der Waals surface area contributed by atoms with Crippen LogP contribution in [0.3, 0.4) is 0 Å². The van der Waals surface area contributed by atoms with E-state index in [1.54, 1.807) is 0 Å². The molecule has 0 radical (unpaired) electrons. The third-order valence-corrected chi connectivity index (χ3v) is 4.50. The molecule has 3 N–H and O–H groups in total. The fraction of sp³-hybridized carbons (Fsp3) is 0.643. The summed E-state index contributed by atoms with van der Waals surface area (Å²) in [4.78, 5) is 20.9. The molecule has 2 saturated carbocycles. The lowest BCUT2D eigenvalue weighted by Crippen LogP contribution is -2.42. The number of hydrogen-bond acceptors (Lipinski definition) is 4. The Morgan fingerprint density at radius 3 is 2.47 bits per heavy atom. The molecule has 2 fully saturated rings. The first kappa shape index (κ1) is 12.5. The number of carbonyl (C=O) groups is 1. The van der Waals surface area contributed by atoms with Gasteiger partial charge in [-0.3, -0.25) is 10.1 Å². The van der Waals surface area contributed by atoms with Gasteiger partial charge in [0, 0.05) is 17.4 Å². The van der Waals surface area contributed by atoms with Gasteiger partial charge in [0.05, 0.1) is 5.92 Å². The van der Waals surface area contributed by atoms with E-state index in [4.69, 9.17) is 5.73 Å². The molecule has 3 rings (SSSR count). The minimum atomic E-state index is -0.0665. The molecule has 5 heteroatoms. The molecule has 1 amide bonds. The minimum Gasteiger partial charge on any atom is -0.327 e. The summed E-state index contributed by atoms with van der Waals surface area (Å²) in [7, 11) is 0. The zero-order valence-electron chi connectivity index (χ0n) is 11.4. The summed E-state index contributed by atoms with van der Waals surface area (Å²) in [5.74, 6) is 1.30. The summed E-state index contributed by atoms with van der Waals surface area (Å²) < 4.78 is 0. The Bertz CT molecular complexity index is 494. The molecule has 2 aliphatic rings. The van der Waals surface area contributed by atoms with Crippen LogP contribution >= 0.6 is 0 Å². The Hall–Kier alpha value is -1.49. The van der Waals surface area contributed by atoms with Gasteiger partial charge in [0.25, 0.3) is 0 Å². The number of amides is 1. The number of nitrogens with one attached hydrogen (secondary N) is 1. The minimum absolute atomic E-state index is 0.00431. The van der Waals surface area contributed by atoms with Crippen molar-refractivity contribution in [1.82, 2.24) is 9.97 Å². The highest BCUT2D eigenvalue weighted by atomic mass is 16.2. The molecular formula is C14H20N4O. The lowest BCUT2D eigenvalue weighted by molar-refractivity contribution is -0.121. The van der Waals surface area contributed by atoms with Gasteiger partial charge in [-0.1, -0.05) is 0 Å². The molecule has 2 bridgehead atoms. The number of hydrogen-bond donors (Lipinski definition) is 2. The average molecular weight is 260 g/mol. The van der Waals surface area contributed by atoms with E-state index in [0.717, 1.165) is 24.2 Å². The number of carbonyl (C=O) groups excluding carboxylic acids is 1. The maximum absolute atomic E-state index is 12.4. The summed E-state index contributed by atoms with van der Waals surface area (Å²) in [5.41, 5.74) is 7.90. The van der Waals surface area contributed by atoms with Gasteiger partial charge in [0.1, 0.15) is 0 Å². The third-order valence-electron chi connectivity index (χ3n) is 4.50. The molecule has 0 saturated heterocycles. The van der Waals surface area contributed by atoms with E-state index < -0.39 is 0 Å². The van der Waals surface area contributed by atoms with Crippen LogP contribution in [0.15, 0.2) is 6.07 Å². The Kier molecular flexibility index (Phi) is 3.01. The number of aryl methyl sites for hydroxylation is 2. The van der Waals surface area contributed by atoms with Crippen LogP contribution in [0.5, 0.6) is 0 Å². The lowest BCUT2D eigenvalue weighted by Gasteiger charge is -2.26. The fourth-order valence-corrected chi connectivity index (χ4v) is 3.70. The zero-order valence-corrected chi connectivity index (χ0v) is 11.4. The molecule has 0 spiro atoms. The predicted octanol–water partition coefficient (Wildman–Crippen LogP) is 1.41. The van der Waals surface area contributed by atoms with Gasteiger partial charge in [-0.2, -0.15) is 0 Å². The van der Waals surface area contributed by atoms with Gasteiger partial charge in [0.15, 0.2) is 0 Å². The van der Waals surface area contributed by atoms with Crippen molar-refractivity contribution in [1.29, 1.82) is 0 Å². The van der Waals surface area contributed by atoms with Crippen molar-refractivity contribution in [2.24, 2.45) is 23.5 Å². The first-order chi connectivity index (χ1) is 9.04. The van der Waals surface area contributed by atoms with Crippen LogP contribution in [0.25, 0.3) is 0 Å². The smallest absolute Gasteiger partial charge is 0.231 e. The lowest BCUT2D eigenvalue weighted by atomic mass is 9.84. The summed E-state index contributed by atoms with van der Waals surface area (Å²) in [6, 6.07) is 1.89. The average Bonchev–Trinajstić information content (AvgIpc) is 2.87. The predicted molar refractivity (Wildman–Crippen MR) is 72.4 cm³/mol. The summed E-state index contributed by atoms with van der Waals surface area (Å²) in [6.07, 6.45) is 3.41. The van der Waals surface area contributed by atoms with E-state index in [-0.39, 0.29) is 17.9 Å². The molecule has 19 heavy (non-hydrogen) atoms. The number of aromatic nitrogens is 2. The van der Waals surface area contributed by atoms with Crippen LogP contribution in [0, 0.1) is 31.6 Å². The first-order valence-corrected chi connectivity index (χ1v) is 6.93. The van der Waals surface area contributed by atoms with Crippen molar-refractivity contribution in [2.75, 3.05) is 5.32 Å². The van der Waals surface area contributed by atoms with Crippen molar-refractivity contribution in [3.63, 3.8) is 0 Å². The normalized spacial score (nSPS) is 32.6. The van der Waals surface area contributed by atoms with Crippen molar-refractivity contribution in [2.45, 2.75) is 39.2 Å². The highest BCUT2D eigenvalue weighted by molar-refractivity contribution is 5.92. The van der Waals surface area contributed by atoms with E-state index in [2.05, 4.69) is 15.3 Å². The fourth-order valence-electron chi connectivity index (χ4n) is 3.70. The molecule has 2 aliphatic carbocycles. The second-order valence-electron chi connectivity index (χ2n) is 5.90. The zero-order chi connectivity index (χ0) is 13.6. The van der Waals surface area contributed by atoms with Gasteiger partial charge in [-0.05, 0) is 51.0 Å². The summed E-state index contributed by atoms with van der Waals surface area (Å²) in [6.45, 7) is 3.79. The van der Waals surface area contributed by atoms with Crippen LogP contribution in [-0.2, 0) is 4.79 Å². The topological polar surface area (TPSA) is 80.9 Å². The van der Waals surface area contributed by atoms with Gasteiger partial charge < -0.3 is 5.73 Å². The molecule has 1 aromatic heterocycles. The summed E-state index contributed by atoms with van der Waals surface area (Å²) >= 11 is 0. The maximum Gasteiger partial charge on any atom is 0.231 e. The van der Waals surface area contributed by atoms with Crippen molar-refractivity contribution < 1.29 is 4.79 Å². The molecule has 5 nitrogen and oxygen atoms in total. The molecule has 0 aliphatic heterocycles. The van der Waals surface area contributed by atoms with E-state index in [9.17, 15) is 4.79 Å². The number of nitrogens with two attached hydrogens (primary N) is 1.